The lowest BCUT2D eigenvalue weighted by Gasteiger charge is -2.32. The number of aliphatic hydroxyl groups is 1. The zero-order chi connectivity index (χ0) is 12.8. The first-order valence-electron chi connectivity index (χ1n) is 7.25. The highest BCUT2D eigenvalue weighted by molar-refractivity contribution is 5.05. The van der Waals surface area contributed by atoms with Crippen LogP contribution in [0.1, 0.15) is 57.3 Å². The van der Waals surface area contributed by atoms with E-state index in [1.54, 1.807) is 6.26 Å². The summed E-state index contributed by atoms with van der Waals surface area (Å²) in [7, 11) is 0. The van der Waals surface area contributed by atoms with Crippen LogP contribution in [0.5, 0.6) is 0 Å². The molecule has 0 radical (unpaired) electrons. The molecule has 2 rings (SSSR count). The quantitative estimate of drug-likeness (QED) is 0.815. The van der Waals surface area contributed by atoms with Gasteiger partial charge in [-0.15, -0.1) is 0 Å². The zero-order valence-electron chi connectivity index (χ0n) is 11.3. The van der Waals surface area contributed by atoms with E-state index in [4.69, 9.17) is 4.42 Å². The summed E-state index contributed by atoms with van der Waals surface area (Å²) in [6, 6.07) is 4.24. The minimum atomic E-state index is -0.0631. The van der Waals surface area contributed by atoms with E-state index >= 15 is 0 Å². The van der Waals surface area contributed by atoms with Gasteiger partial charge in [0.05, 0.1) is 18.9 Å². The number of hydrogen-bond acceptors (Lipinski definition) is 3. The molecule has 3 heteroatoms. The minimum Gasteiger partial charge on any atom is -0.468 e. The maximum Gasteiger partial charge on any atom is 0.123 e. The molecule has 2 N–H and O–H groups in total. The second-order valence-electron chi connectivity index (χ2n) is 5.33. The van der Waals surface area contributed by atoms with Gasteiger partial charge in [0.1, 0.15) is 5.76 Å². The Balaban J connectivity index is 1.95. The Labute approximate surface area is 110 Å². The number of rotatable bonds is 6. The molecule has 1 aromatic heterocycles. The summed E-state index contributed by atoms with van der Waals surface area (Å²) in [5, 5.41) is 13.1. The van der Waals surface area contributed by atoms with E-state index in [0.29, 0.717) is 6.04 Å². The molecule has 0 spiro atoms. The molecule has 0 aliphatic heterocycles. The standard InChI is InChI=1S/C15H25NO2/c1-2-13(12-7-4-3-5-8-12)16-14(11-17)15-9-6-10-18-15/h6,9-10,12-14,16-17H,2-5,7-8,11H2,1H3. The van der Waals surface area contributed by atoms with Crippen molar-refractivity contribution < 1.29 is 9.52 Å². The average molecular weight is 251 g/mol. The predicted octanol–water partition coefficient (Wildman–Crippen LogP) is 3.26. The van der Waals surface area contributed by atoms with Crippen molar-refractivity contribution in [3.63, 3.8) is 0 Å². The van der Waals surface area contributed by atoms with Crippen molar-refractivity contribution in [3.8, 4) is 0 Å². The van der Waals surface area contributed by atoms with Gasteiger partial charge in [-0.1, -0.05) is 26.2 Å². The maximum atomic E-state index is 9.52. The lowest BCUT2D eigenvalue weighted by atomic mass is 9.82. The topological polar surface area (TPSA) is 45.4 Å². The van der Waals surface area contributed by atoms with Crippen molar-refractivity contribution in [1.82, 2.24) is 5.32 Å². The van der Waals surface area contributed by atoms with Crippen LogP contribution in [0.3, 0.4) is 0 Å². The third-order valence-electron chi connectivity index (χ3n) is 4.14. The van der Waals surface area contributed by atoms with Gasteiger partial charge in [-0.2, -0.15) is 0 Å². The van der Waals surface area contributed by atoms with Crippen LogP contribution in [0.15, 0.2) is 22.8 Å². The molecule has 18 heavy (non-hydrogen) atoms. The van der Waals surface area contributed by atoms with E-state index in [-0.39, 0.29) is 12.6 Å². The first kappa shape index (κ1) is 13.6. The van der Waals surface area contributed by atoms with Crippen LogP contribution in [-0.2, 0) is 0 Å². The van der Waals surface area contributed by atoms with Crippen molar-refractivity contribution >= 4 is 0 Å². The smallest absolute Gasteiger partial charge is 0.123 e. The highest BCUT2D eigenvalue weighted by Gasteiger charge is 2.25. The van der Waals surface area contributed by atoms with E-state index in [0.717, 1.165) is 18.1 Å². The Morgan fingerprint density at radius 3 is 2.72 bits per heavy atom. The summed E-state index contributed by atoms with van der Waals surface area (Å²) in [6.45, 7) is 2.32. The molecule has 2 unspecified atom stereocenters. The minimum absolute atomic E-state index is 0.0631. The molecule has 0 saturated heterocycles. The van der Waals surface area contributed by atoms with Gasteiger partial charge in [0.25, 0.3) is 0 Å². The molecule has 0 bridgehead atoms. The highest BCUT2D eigenvalue weighted by atomic mass is 16.3. The molecule has 2 atom stereocenters. The number of aliphatic hydroxyl groups excluding tert-OH is 1. The summed E-state index contributed by atoms with van der Waals surface area (Å²) in [5.74, 6) is 1.60. The van der Waals surface area contributed by atoms with Gasteiger partial charge in [0.2, 0.25) is 0 Å². The Morgan fingerprint density at radius 2 is 2.17 bits per heavy atom. The van der Waals surface area contributed by atoms with Crippen molar-refractivity contribution in [1.29, 1.82) is 0 Å². The van der Waals surface area contributed by atoms with Crippen LogP contribution in [0.2, 0.25) is 0 Å². The SMILES string of the molecule is CCC(NC(CO)c1ccco1)C1CCCCC1. The summed E-state index contributed by atoms with van der Waals surface area (Å²) in [6.07, 6.45) is 9.52. The molecule has 1 aliphatic rings. The largest absolute Gasteiger partial charge is 0.468 e. The summed E-state index contributed by atoms with van der Waals surface area (Å²) in [4.78, 5) is 0. The van der Waals surface area contributed by atoms with Crippen molar-refractivity contribution in [3.05, 3.63) is 24.2 Å². The van der Waals surface area contributed by atoms with E-state index < -0.39 is 0 Å². The number of nitrogens with one attached hydrogen (secondary N) is 1. The zero-order valence-corrected chi connectivity index (χ0v) is 11.3. The molecule has 1 aliphatic carbocycles. The van der Waals surface area contributed by atoms with Crippen molar-refractivity contribution in [2.45, 2.75) is 57.5 Å². The van der Waals surface area contributed by atoms with Crippen LogP contribution in [0.25, 0.3) is 0 Å². The lowest BCUT2D eigenvalue weighted by molar-refractivity contribution is 0.181. The summed E-state index contributed by atoms with van der Waals surface area (Å²) >= 11 is 0. The van der Waals surface area contributed by atoms with Crippen molar-refractivity contribution in [2.24, 2.45) is 5.92 Å². The average Bonchev–Trinajstić information content (AvgIpc) is 2.95. The number of hydrogen-bond donors (Lipinski definition) is 2. The Bertz CT molecular complexity index is 317. The van der Waals surface area contributed by atoms with Crippen LogP contribution in [0.4, 0.5) is 0 Å². The Kier molecular flexibility index (Phi) is 5.26. The van der Waals surface area contributed by atoms with Crippen LogP contribution >= 0.6 is 0 Å². The Hall–Kier alpha value is -0.800. The fourth-order valence-corrected chi connectivity index (χ4v) is 3.10. The van der Waals surface area contributed by atoms with Crippen molar-refractivity contribution in [2.75, 3.05) is 6.61 Å². The normalized spacial score (nSPS) is 20.8. The third kappa shape index (κ3) is 3.36. The third-order valence-corrected chi connectivity index (χ3v) is 4.14. The summed E-state index contributed by atoms with van der Waals surface area (Å²) in [5.41, 5.74) is 0. The molecule has 3 nitrogen and oxygen atoms in total. The molecule has 102 valence electrons. The summed E-state index contributed by atoms with van der Waals surface area (Å²) < 4.78 is 5.40. The van der Waals surface area contributed by atoms with E-state index in [2.05, 4.69) is 12.2 Å². The monoisotopic (exact) mass is 251 g/mol. The molecule has 1 saturated carbocycles. The molecule has 0 amide bonds. The molecule has 1 fully saturated rings. The Morgan fingerprint density at radius 1 is 1.39 bits per heavy atom. The van der Waals surface area contributed by atoms with E-state index in [9.17, 15) is 5.11 Å². The van der Waals surface area contributed by atoms with E-state index in [1.165, 1.54) is 32.1 Å². The molecule has 0 aromatic carbocycles. The molecule has 1 aromatic rings. The van der Waals surface area contributed by atoms with Crippen LogP contribution in [-0.4, -0.2) is 17.8 Å². The molecular formula is C15H25NO2. The van der Waals surface area contributed by atoms with Gasteiger partial charge in [0.15, 0.2) is 0 Å². The van der Waals surface area contributed by atoms with Gasteiger partial charge >= 0.3 is 0 Å². The van der Waals surface area contributed by atoms with Gasteiger partial charge < -0.3 is 14.8 Å². The van der Waals surface area contributed by atoms with Gasteiger partial charge in [-0.3, -0.25) is 0 Å². The highest BCUT2D eigenvalue weighted by Crippen LogP contribution is 2.29. The maximum absolute atomic E-state index is 9.52. The fourth-order valence-electron chi connectivity index (χ4n) is 3.10. The van der Waals surface area contributed by atoms with Gasteiger partial charge in [-0.05, 0) is 37.3 Å². The number of furan rings is 1. The fraction of sp³-hybridized carbons (Fsp3) is 0.733. The molecular weight excluding hydrogens is 226 g/mol. The van der Waals surface area contributed by atoms with Crippen LogP contribution in [0, 0.1) is 5.92 Å². The first-order valence-corrected chi connectivity index (χ1v) is 7.25. The second kappa shape index (κ2) is 6.95. The second-order valence-corrected chi connectivity index (χ2v) is 5.33. The van der Waals surface area contributed by atoms with Crippen LogP contribution < -0.4 is 5.32 Å². The predicted molar refractivity (Wildman–Crippen MR) is 72.3 cm³/mol. The van der Waals surface area contributed by atoms with E-state index in [1.807, 2.05) is 12.1 Å². The molecule has 1 heterocycles. The first-order chi connectivity index (χ1) is 8.85. The van der Waals surface area contributed by atoms with Gasteiger partial charge in [0, 0.05) is 6.04 Å². The van der Waals surface area contributed by atoms with Gasteiger partial charge in [-0.25, -0.2) is 0 Å². The lowest BCUT2D eigenvalue weighted by Crippen LogP contribution is -2.40.